The summed E-state index contributed by atoms with van der Waals surface area (Å²) in [6.45, 7) is 7.42. The zero-order chi connectivity index (χ0) is 21.8. The molecule has 0 unspecified atom stereocenters. The first-order valence-electron chi connectivity index (χ1n) is 11.0. The van der Waals surface area contributed by atoms with Crippen LogP contribution in [0.1, 0.15) is 50.1 Å². The van der Waals surface area contributed by atoms with Crippen LogP contribution in [0.3, 0.4) is 0 Å². The number of hydrogen-bond donors (Lipinski definition) is 2. The van der Waals surface area contributed by atoms with Gasteiger partial charge in [0.05, 0.1) is 24.8 Å². The number of rotatable bonds is 6. The highest BCUT2D eigenvalue weighted by molar-refractivity contribution is 5.90. The molecule has 1 aliphatic rings. The summed E-state index contributed by atoms with van der Waals surface area (Å²) in [6, 6.07) is 12.1. The normalized spacial score (nSPS) is 17.8. The zero-order valence-corrected chi connectivity index (χ0v) is 18.5. The summed E-state index contributed by atoms with van der Waals surface area (Å²) in [4.78, 5) is 17.5. The minimum Gasteiger partial charge on any atom is -0.349 e. The van der Waals surface area contributed by atoms with Gasteiger partial charge in [0.2, 0.25) is 5.91 Å². The Balaban J connectivity index is 1.66. The molecule has 3 heterocycles. The van der Waals surface area contributed by atoms with Crippen LogP contribution < -0.4 is 10.6 Å². The standard InChI is InChI=1S/C26H30N4O/c1-4-5-13-30-17-19-15-23(26(31)28-16-20-9-6-7-12-27-20)29-22(14-18(2)3)21-10-8-11-24(30)25(19)21/h6-12,17-18,22-23,29H,13-16H2,1-3H3,(H,28,31)/t22-,23-/m0/s1. The van der Waals surface area contributed by atoms with E-state index >= 15 is 0 Å². The van der Waals surface area contributed by atoms with Gasteiger partial charge in [0.25, 0.3) is 0 Å². The van der Waals surface area contributed by atoms with E-state index in [0.717, 1.165) is 12.1 Å². The van der Waals surface area contributed by atoms with Crippen molar-refractivity contribution in [3.63, 3.8) is 0 Å². The number of amides is 1. The number of carbonyl (C=O) groups is 1. The zero-order valence-electron chi connectivity index (χ0n) is 18.5. The Morgan fingerprint density at radius 1 is 1.29 bits per heavy atom. The van der Waals surface area contributed by atoms with Gasteiger partial charge in [0, 0.05) is 29.3 Å². The van der Waals surface area contributed by atoms with E-state index in [0.29, 0.717) is 25.4 Å². The lowest BCUT2D eigenvalue weighted by molar-refractivity contribution is -0.123. The number of aromatic nitrogens is 2. The van der Waals surface area contributed by atoms with E-state index in [4.69, 9.17) is 0 Å². The van der Waals surface area contributed by atoms with Crippen molar-refractivity contribution in [1.29, 1.82) is 0 Å². The molecule has 0 spiro atoms. The van der Waals surface area contributed by atoms with Crippen molar-refractivity contribution in [1.82, 2.24) is 20.2 Å². The average molecular weight is 415 g/mol. The molecule has 0 aliphatic carbocycles. The van der Waals surface area contributed by atoms with Gasteiger partial charge < -0.3 is 9.88 Å². The van der Waals surface area contributed by atoms with Gasteiger partial charge in [-0.1, -0.05) is 38.0 Å². The van der Waals surface area contributed by atoms with Crippen LogP contribution in [0.4, 0.5) is 0 Å². The maximum absolute atomic E-state index is 13.2. The van der Waals surface area contributed by atoms with Crippen molar-refractivity contribution >= 4 is 16.8 Å². The van der Waals surface area contributed by atoms with Crippen LogP contribution in [0.15, 0.2) is 48.8 Å². The first-order chi connectivity index (χ1) is 15.1. The number of hydrogen-bond acceptors (Lipinski definition) is 3. The highest BCUT2D eigenvalue weighted by Crippen LogP contribution is 2.35. The molecule has 0 fully saturated rings. The Morgan fingerprint density at radius 3 is 2.90 bits per heavy atom. The monoisotopic (exact) mass is 414 g/mol. The second-order valence-electron chi connectivity index (χ2n) is 8.59. The van der Waals surface area contributed by atoms with Gasteiger partial charge in [0.15, 0.2) is 0 Å². The van der Waals surface area contributed by atoms with Crippen LogP contribution in [0.25, 0.3) is 10.9 Å². The quantitative estimate of drug-likeness (QED) is 0.600. The molecule has 2 atom stereocenters. The molecule has 2 N–H and O–H groups in total. The molecule has 1 aliphatic heterocycles. The second-order valence-corrected chi connectivity index (χ2v) is 8.59. The summed E-state index contributed by atoms with van der Waals surface area (Å²) < 4.78 is 2.21. The number of benzene rings is 1. The third kappa shape index (κ3) is 4.65. The molecule has 1 amide bonds. The molecule has 160 valence electrons. The van der Waals surface area contributed by atoms with Crippen molar-refractivity contribution in [2.75, 3.05) is 0 Å². The topological polar surface area (TPSA) is 59.0 Å². The Bertz CT molecular complexity index is 1120. The average Bonchev–Trinajstić information content (AvgIpc) is 3.04. The van der Waals surface area contributed by atoms with E-state index in [9.17, 15) is 4.79 Å². The largest absolute Gasteiger partial charge is 0.349 e. The first-order valence-corrected chi connectivity index (χ1v) is 11.0. The van der Waals surface area contributed by atoms with Crippen molar-refractivity contribution in [2.24, 2.45) is 5.92 Å². The van der Waals surface area contributed by atoms with Crippen LogP contribution in [0, 0.1) is 17.8 Å². The van der Waals surface area contributed by atoms with Crippen LogP contribution in [-0.2, 0) is 24.3 Å². The molecule has 0 radical (unpaired) electrons. The van der Waals surface area contributed by atoms with Gasteiger partial charge in [-0.05, 0) is 55.0 Å². The van der Waals surface area contributed by atoms with Crippen molar-refractivity contribution in [3.05, 3.63) is 65.6 Å². The third-order valence-corrected chi connectivity index (χ3v) is 5.84. The van der Waals surface area contributed by atoms with Crippen LogP contribution >= 0.6 is 0 Å². The fourth-order valence-electron chi connectivity index (χ4n) is 4.46. The predicted molar refractivity (Wildman–Crippen MR) is 124 cm³/mol. The number of carbonyl (C=O) groups excluding carboxylic acids is 1. The number of nitrogens with zero attached hydrogens (tertiary/aromatic N) is 2. The van der Waals surface area contributed by atoms with Crippen molar-refractivity contribution < 1.29 is 4.79 Å². The molecule has 31 heavy (non-hydrogen) atoms. The fourth-order valence-corrected chi connectivity index (χ4v) is 4.46. The predicted octanol–water partition coefficient (Wildman–Crippen LogP) is 3.98. The Kier molecular flexibility index (Phi) is 6.39. The minimum atomic E-state index is -0.295. The van der Waals surface area contributed by atoms with Gasteiger partial charge >= 0.3 is 0 Å². The molecule has 1 aromatic carbocycles. The smallest absolute Gasteiger partial charge is 0.237 e. The molecule has 4 rings (SSSR count). The number of nitrogens with one attached hydrogen (secondary N) is 2. The molecule has 5 heteroatoms. The minimum absolute atomic E-state index is 0.0152. The summed E-state index contributed by atoms with van der Waals surface area (Å²) >= 11 is 0. The molecule has 2 aromatic heterocycles. The van der Waals surface area contributed by atoms with Crippen molar-refractivity contribution in [2.45, 2.75) is 58.8 Å². The van der Waals surface area contributed by atoms with E-state index in [1.165, 1.54) is 22.0 Å². The summed E-state index contributed by atoms with van der Waals surface area (Å²) in [5, 5.41) is 8.02. The lowest BCUT2D eigenvalue weighted by Gasteiger charge is -2.25. The second kappa shape index (κ2) is 9.36. The highest BCUT2D eigenvalue weighted by atomic mass is 16.2. The van der Waals surface area contributed by atoms with Gasteiger partial charge in [-0.15, -0.1) is 5.92 Å². The van der Waals surface area contributed by atoms with E-state index in [2.05, 4.69) is 70.3 Å². The molecule has 5 nitrogen and oxygen atoms in total. The van der Waals surface area contributed by atoms with E-state index in [1.807, 2.05) is 25.1 Å². The maximum Gasteiger partial charge on any atom is 0.237 e. The Labute approximate surface area is 184 Å². The Morgan fingerprint density at radius 2 is 2.16 bits per heavy atom. The van der Waals surface area contributed by atoms with E-state index in [1.54, 1.807) is 6.20 Å². The number of pyridine rings is 1. The third-order valence-electron chi connectivity index (χ3n) is 5.84. The van der Waals surface area contributed by atoms with E-state index in [-0.39, 0.29) is 18.0 Å². The van der Waals surface area contributed by atoms with Gasteiger partial charge in [-0.25, -0.2) is 0 Å². The highest BCUT2D eigenvalue weighted by Gasteiger charge is 2.30. The molecule has 3 aromatic rings. The van der Waals surface area contributed by atoms with E-state index < -0.39 is 0 Å². The van der Waals surface area contributed by atoms with Gasteiger partial charge in [-0.2, -0.15) is 0 Å². The molecule has 0 saturated carbocycles. The maximum atomic E-state index is 13.2. The molecule has 0 bridgehead atoms. The fraction of sp³-hybridized carbons (Fsp3) is 0.385. The van der Waals surface area contributed by atoms with Gasteiger partial charge in [-0.3, -0.25) is 15.1 Å². The van der Waals surface area contributed by atoms with Crippen molar-refractivity contribution in [3.8, 4) is 11.8 Å². The summed E-state index contributed by atoms with van der Waals surface area (Å²) in [6.07, 6.45) is 5.56. The first kappa shape index (κ1) is 21.1. The Hall–Kier alpha value is -3.10. The molecule has 0 saturated heterocycles. The summed E-state index contributed by atoms with van der Waals surface area (Å²) in [7, 11) is 0. The van der Waals surface area contributed by atoms with Gasteiger partial charge in [0.1, 0.15) is 0 Å². The molecular formula is C26H30N4O. The molecular weight excluding hydrogens is 384 g/mol. The van der Waals surface area contributed by atoms with Crippen LogP contribution in [0.2, 0.25) is 0 Å². The SMILES string of the molecule is CC#CCn1cc2c3c(cccc31)[C@H](CC(C)C)N[C@H](C(=O)NCc1ccccn1)C2. The summed E-state index contributed by atoms with van der Waals surface area (Å²) in [5.41, 5.74) is 4.54. The lowest BCUT2D eigenvalue weighted by Crippen LogP contribution is -2.46. The van der Waals surface area contributed by atoms with Crippen LogP contribution in [0.5, 0.6) is 0 Å². The summed E-state index contributed by atoms with van der Waals surface area (Å²) in [5.74, 6) is 6.70. The lowest BCUT2D eigenvalue weighted by atomic mass is 9.94. The van der Waals surface area contributed by atoms with Crippen LogP contribution in [-0.4, -0.2) is 21.5 Å².